The normalized spacial score (nSPS) is 25.9. The third-order valence-corrected chi connectivity index (χ3v) is 2.91. The maximum Gasteiger partial charge on any atom is 0.0923 e. The Bertz CT molecular complexity index is 322. The van der Waals surface area contributed by atoms with Gasteiger partial charge in [-0.1, -0.05) is 24.3 Å². The number of ether oxygens (including phenoxy) is 1. The largest absolute Gasteiger partial charge is 0.387 e. The highest BCUT2D eigenvalue weighted by atomic mass is 16.5. The molecule has 2 nitrogen and oxygen atoms in total. The highest BCUT2D eigenvalue weighted by Crippen LogP contribution is 2.28. The first-order chi connectivity index (χ1) is 6.73. The Balaban J connectivity index is 2.20. The van der Waals surface area contributed by atoms with Gasteiger partial charge in [0.1, 0.15) is 0 Å². The van der Waals surface area contributed by atoms with Gasteiger partial charge in [0.25, 0.3) is 0 Å². The molecule has 0 amide bonds. The fourth-order valence-electron chi connectivity index (χ4n) is 2.18. The minimum absolute atomic E-state index is 0.432. The highest BCUT2D eigenvalue weighted by molar-refractivity contribution is 5.31. The Kier molecular flexibility index (Phi) is 2.57. The van der Waals surface area contributed by atoms with Gasteiger partial charge in [-0.15, -0.1) is 0 Å². The van der Waals surface area contributed by atoms with Crippen molar-refractivity contribution >= 4 is 0 Å². The molecule has 1 aromatic rings. The van der Waals surface area contributed by atoms with Crippen molar-refractivity contribution in [1.82, 2.24) is 0 Å². The molecular weight excluding hydrogens is 176 g/mol. The van der Waals surface area contributed by atoms with Crippen molar-refractivity contribution in [2.75, 3.05) is 13.7 Å². The molecule has 1 aliphatic rings. The molecule has 1 aliphatic carbocycles. The molecule has 0 radical (unpaired) electrons. The van der Waals surface area contributed by atoms with E-state index < -0.39 is 5.60 Å². The number of aliphatic hydroxyl groups is 1. The molecular formula is C12H16O2. The van der Waals surface area contributed by atoms with Gasteiger partial charge in [0, 0.05) is 13.5 Å². The van der Waals surface area contributed by atoms with Gasteiger partial charge >= 0.3 is 0 Å². The zero-order valence-corrected chi connectivity index (χ0v) is 8.49. The Morgan fingerprint density at radius 1 is 1.36 bits per heavy atom. The summed E-state index contributed by atoms with van der Waals surface area (Å²) in [6, 6.07) is 8.31. The smallest absolute Gasteiger partial charge is 0.0923 e. The first-order valence-electron chi connectivity index (χ1n) is 5.02. The number of fused-ring (bicyclic) bond motifs is 1. The quantitative estimate of drug-likeness (QED) is 0.770. The van der Waals surface area contributed by atoms with Crippen LogP contribution in [0.15, 0.2) is 24.3 Å². The minimum atomic E-state index is -0.650. The zero-order chi connectivity index (χ0) is 10.0. The predicted molar refractivity (Wildman–Crippen MR) is 55.3 cm³/mol. The van der Waals surface area contributed by atoms with Crippen molar-refractivity contribution in [3.05, 3.63) is 35.4 Å². The molecule has 14 heavy (non-hydrogen) atoms. The van der Waals surface area contributed by atoms with Crippen LogP contribution in [0.3, 0.4) is 0 Å². The van der Waals surface area contributed by atoms with Crippen molar-refractivity contribution < 1.29 is 9.84 Å². The van der Waals surface area contributed by atoms with E-state index in [0.29, 0.717) is 6.61 Å². The summed E-state index contributed by atoms with van der Waals surface area (Å²) in [5.41, 5.74) is 1.98. The van der Waals surface area contributed by atoms with E-state index in [0.717, 1.165) is 19.3 Å². The van der Waals surface area contributed by atoms with E-state index in [1.165, 1.54) is 11.1 Å². The fourth-order valence-corrected chi connectivity index (χ4v) is 2.18. The lowest BCUT2D eigenvalue weighted by Crippen LogP contribution is -2.40. The minimum Gasteiger partial charge on any atom is -0.387 e. The summed E-state index contributed by atoms with van der Waals surface area (Å²) in [7, 11) is 1.64. The predicted octanol–water partition coefficient (Wildman–Crippen LogP) is 1.55. The molecule has 2 rings (SSSR count). The second-order valence-corrected chi connectivity index (χ2v) is 4.10. The van der Waals surface area contributed by atoms with E-state index in [-0.39, 0.29) is 0 Å². The maximum atomic E-state index is 10.2. The molecule has 0 saturated heterocycles. The van der Waals surface area contributed by atoms with Gasteiger partial charge in [0.2, 0.25) is 0 Å². The number of hydrogen-bond donors (Lipinski definition) is 1. The SMILES string of the molecule is COCC1(O)CCc2ccccc2C1. The molecule has 1 N–H and O–H groups in total. The molecule has 1 unspecified atom stereocenters. The average Bonchev–Trinajstić information content (AvgIpc) is 2.17. The van der Waals surface area contributed by atoms with Gasteiger partial charge in [0.15, 0.2) is 0 Å². The zero-order valence-electron chi connectivity index (χ0n) is 8.49. The summed E-state index contributed by atoms with van der Waals surface area (Å²) in [5.74, 6) is 0. The van der Waals surface area contributed by atoms with Crippen molar-refractivity contribution in [2.24, 2.45) is 0 Å². The van der Waals surface area contributed by atoms with Crippen molar-refractivity contribution in [3.63, 3.8) is 0 Å². The van der Waals surface area contributed by atoms with Gasteiger partial charge in [-0.25, -0.2) is 0 Å². The molecule has 0 fully saturated rings. The molecule has 0 bridgehead atoms. The number of benzene rings is 1. The molecule has 1 atom stereocenters. The van der Waals surface area contributed by atoms with Gasteiger partial charge in [0.05, 0.1) is 12.2 Å². The molecule has 1 aromatic carbocycles. The lowest BCUT2D eigenvalue weighted by molar-refractivity contribution is -0.0402. The van der Waals surface area contributed by atoms with E-state index in [2.05, 4.69) is 18.2 Å². The van der Waals surface area contributed by atoms with E-state index in [9.17, 15) is 5.11 Å². The highest BCUT2D eigenvalue weighted by Gasteiger charge is 2.31. The van der Waals surface area contributed by atoms with Crippen LogP contribution in [0.5, 0.6) is 0 Å². The lowest BCUT2D eigenvalue weighted by atomic mass is 9.81. The maximum absolute atomic E-state index is 10.2. The Morgan fingerprint density at radius 3 is 2.79 bits per heavy atom. The van der Waals surface area contributed by atoms with E-state index >= 15 is 0 Å². The topological polar surface area (TPSA) is 29.5 Å². The van der Waals surface area contributed by atoms with Crippen LogP contribution in [0, 0.1) is 0 Å². The van der Waals surface area contributed by atoms with Crippen LogP contribution in [0.1, 0.15) is 17.5 Å². The number of aryl methyl sites for hydroxylation is 1. The molecule has 76 valence electrons. The average molecular weight is 192 g/mol. The summed E-state index contributed by atoms with van der Waals surface area (Å²) < 4.78 is 5.05. The first-order valence-corrected chi connectivity index (χ1v) is 5.02. The molecule has 2 heteroatoms. The first kappa shape index (κ1) is 9.69. The number of methoxy groups -OCH3 is 1. The van der Waals surface area contributed by atoms with E-state index in [1.807, 2.05) is 6.07 Å². The monoisotopic (exact) mass is 192 g/mol. The molecule has 0 spiro atoms. The van der Waals surface area contributed by atoms with E-state index in [1.54, 1.807) is 7.11 Å². The van der Waals surface area contributed by atoms with Gasteiger partial charge in [-0.05, 0) is 24.0 Å². The van der Waals surface area contributed by atoms with Crippen LogP contribution in [0.4, 0.5) is 0 Å². The van der Waals surface area contributed by atoms with Crippen LogP contribution in [0.2, 0.25) is 0 Å². The molecule has 0 aromatic heterocycles. The van der Waals surface area contributed by atoms with Crippen LogP contribution < -0.4 is 0 Å². The second kappa shape index (κ2) is 3.71. The molecule has 0 aliphatic heterocycles. The van der Waals surface area contributed by atoms with Crippen molar-refractivity contribution in [2.45, 2.75) is 24.9 Å². The van der Waals surface area contributed by atoms with Gasteiger partial charge in [-0.3, -0.25) is 0 Å². The number of hydrogen-bond acceptors (Lipinski definition) is 2. The van der Waals surface area contributed by atoms with Crippen LogP contribution in [-0.2, 0) is 17.6 Å². The summed E-state index contributed by atoms with van der Waals surface area (Å²) in [4.78, 5) is 0. The third kappa shape index (κ3) is 1.81. The van der Waals surface area contributed by atoms with Gasteiger partial charge in [-0.2, -0.15) is 0 Å². The van der Waals surface area contributed by atoms with Crippen molar-refractivity contribution in [3.8, 4) is 0 Å². The van der Waals surface area contributed by atoms with Gasteiger partial charge < -0.3 is 9.84 Å². The molecule has 0 heterocycles. The summed E-state index contributed by atoms with van der Waals surface area (Å²) in [6.07, 6.45) is 2.48. The van der Waals surface area contributed by atoms with Crippen LogP contribution in [-0.4, -0.2) is 24.4 Å². The van der Waals surface area contributed by atoms with Crippen molar-refractivity contribution in [1.29, 1.82) is 0 Å². The van der Waals surface area contributed by atoms with E-state index in [4.69, 9.17) is 4.74 Å². The molecule has 0 saturated carbocycles. The Hall–Kier alpha value is -0.860. The van der Waals surface area contributed by atoms with Crippen LogP contribution in [0.25, 0.3) is 0 Å². The summed E-state index contributed by atoms with van der Waals surface area (Å²) in [5, 5.41) is 10.2. The second-order valence-electron chi connectivity index (χ2n) is 4.10. The van der Waals surface area contributed by atoms with Crippen LogP contribution >= 0.6 is 0 Å². The standard InChI is InChI=1S/C12H16O2/c1-14-9-12(13)7-6-10-4-2-3-5-11(10)8-12/h2-5,13H,6-9H2,1H3. The number of rotatable bonds is 2. The summed E-state index contributed by atoms with van der Waals surface area (Å²) in [6.45, 7) is 0.432. The third-order valence-electron chi connectivity index (χ3n) is 2.91. The lowest BCUT2D eigenvalue weighted by Gasteiger charge is -2.32. The fraction of sp³-hybridized carbons (Fsp3) is 0.500. The Morgan fingerprint density at radius 2 is 2.07 bits per heavy atom. The Labute approximate surface area is 84.5 Å². The summed E-state index contributed by atoms with van der Waals surface area (Å²) >= 11 is 0.